The van der Waals surface area contributed by atoms with Crippen molar-refractivity contribution >= 4 is 45.8 Å². The van der Waals surface area contributed by atoms with E-state index in [9.17, 15) is 0 Å². The van der Waals surface area contributed by atoms with E-state index in [2.05, 4.69) is 33.8 Å². The van der Waals surface area contributed by atoms with Crippen molar-refractivity contribution in [3.8, 4) is 0 Å². The Morgan fingerprint density at radius 3 is 2.71 bits per heavy atom. The number of aromatic nitrogens is 2. The predicted octanol–water partition coefficient (Wildman–Crippen LogP) is 3.89. The predicted molar refractivity (Wildman–Crippen MR) is 75.0 cm³/mol. The van der Waals surface area contributed by atoms with Crippen LogP contribution in [0.15, 0.2) is 36.4 Å². The Kier molecular flexibility index (Phi) is 3.27. The van der Waals surface area contributed by atoms with Gasteiger partial charge in [0.15, 0.2) is 0 Å². The van der Waals surface area contributed by atoms with Crippen LogP contribution in [0, 0.1) is 0 Å². The SMILES string of the molecule is Cl.Cn1c(CCl)nc2ccc3ccccc3c21. The standard InChI is InChI=1S/C13H11ClN2.ClH/c1-16-12(8-14)15-11-7-6-9-4-2-3-5-10(9)13(11)16;/h2-7H,8H2,1H3;1H. The lowest BCUT2D eigenvalue weighted by atomic mass is 10.1. The van der Waals surface area contributed by atoms with Gasteiger partial charge in [0.1, 0.15) is 5.82 Å². The lowest BCUT2D eigenvalue weighted by molar-refractivity contribution is 0.876. The van der Waals surface area contributed by atoms with Crippen LogP contribution in [-0.4, -0.2) is 9.55 Å². The fraction of sp³-hybridized carbons (Fsp3) is 0.154. The molecule has 4 heteroatoms. The van der Waals surface area contributed by atoms with Gasteiger partial charge in [-0.1, -0.05) is 30.3 Å². The van der Waals surface area contributed by atoms with Gasteiger partial charge >= 0.3 is 0 Å². The molecule has 1 aromatic heterocycles. The van der Waals surface area contributed by atoms with E-state index in [4.69, 9.17) is 11.6 Å². The van der Waals surface area contributed by atoms with Crippen molar-refractivity contribution in [2.75, 3.05) is 0 Å². The third-order valence-electron chi connectivity index (χ3n) is 2.97. The van der Waals surface area contributed by atoms with Gasteiger partial charge in [-0.05, 0) is 11.5 Å². The number of halogens is 2. The monoisotopic (exact) mass is 266 g/mol. The first-order valence-corrected chi connectivity index (χ1v) is 5.74. The average Bonchev–Trinajstić information content (AvgIpc) is 2.66. The summed E-state index contributed by atoms with van der Waals surface area (Å²) < 4.78 is 2.07. The molecule has 0 aliphatic carbocycles. The third kappa shape index (κ3) is 1.78. The molecule has 17 heavy (non-hydrogen) atoms. The van der Waals surface area contributed by atoms with Gasteiger partial charge in [-0.15, -0.1) is 24.0 Å². The van der Waals surface area contributed by atoms with Crippen LogP contribution < -0.4 is 0 Å². The zero-order valence-electron chi connectivity index (χ0n) is 9.35. The molecule has 3 rings (SSSR count). The number of hydrogen-bond donors (Lipinski definition) is 0. The maximum absolute atomic E-state index is 5.87. The van der Waals surface area contributed by atoms with Gasteiger partial charge in [-0.25, -0.2) is 4.98 Å². The van der Waals surface area contributed by atoms with E-state index >= 15 is 0 Å². The molecule has 0 spiro atoms. The largest absolute Gasteiger partial charge is 0.330 e. The van der Waals surface area contributed by atoms with Crippen LogP contribution in [0.2, 0.25) is 0 Å². The minimum atomic E-state index is 0. The number of benzene rings is 2. The summed E-state index contributed by atoms with van der Waals surface area (Å²) in [6.45, 7) is 0. The maximum Gasteiger partial charge on any atom is 0.124 e. The molecule has 0 saturated carbocycles. The molecule has 1 heterocycles. The first-order valence-electron chi connectivity index (χ1n) is 5.20. The zero-order chi connectivity index (χ0) is 11.1. The van der Waals surface area contributed by atoms with Gasteiger partial charge in [-0.2, -0.15) is 0 Å². The van der Waals surface area contributed by atoms with Gasteiger partial charge in [0.2, 0.25) is 0 Å². The van der Waals surface area contributed by atoms with Crippen LogP contribution in [0.5, 0.6) is 0 Å². The van der Waals surface area contributed by atoms with Crippen molar-refractivity contribution in [1.29, 1.82) is 0 Å². The second-order valence-electron chi connectivity index (χ2n) is 3.88. The van der Waals surface area contributed by atoms with Crippen molar-refractivity contribution in [3.05, 3.63) is 42.2 Å². The first kappa shape index (κ1) is 12.2. The van der Waals surface area contributed by atoms with Crippen LogP contribution in [0.3, 0.4) is 0 Å². The van der Waals surface area contributed by atoms with Crippen molar-refractivity contribution in [3.63, 3.8) is 0 Å². The highest BCUT2D eigenvalue weighted by Gasteiger charge is 2.09. The Labute approximate surface area is 111 Å². The molecule has 0 unspecified atom stereocenters. The minimum Gasteiger partial charge on any atom is -0.330 e. The van der Waals surface area contributed by atoms with E-state index in [1.165, 1.54) is 10.8 Å². The molecular weight excluding hydrogens is 255 g/mol. The van der Waals surface area contributed by atoms with Crippen molar-refractivity contribution in [1.82, 2.24) is 9.55 Å². The smallest absolute Gasteiger partial charge is 0.124 e. The molecule has 0 saturated heterocycles. The van der Waals surface area contributed by atoms with Gasteiger partial charge in [-0.3, -0.25) is 0 Å². The van der Waals surface area contributed by atoms with E-state index in [-0.39, 0.29) is 12.4 Å². The molecule has 0 aliphatic heterocycles. The van der Waals surface area contributed by atoms with Crippen molar-refractivity contribution < 1.29 is 0 Å². The van der Waals surface area contributed by atoms with Gasteiger partial charge in [0.25, 0.3) is 0 Å². The maximum atomic E-state index is 5.87. The quantitative estimate of drug-likeness (QED) is 0.612. The summed E-state index contributed by atoms with van der Waals surface area (Å²) in [5, 5.41) is 2.46. The Hall–Kier alpha value is -1.25. The molecule has 2 aromatic carbocycles. The Morgan fingerprint density at radius 2 is 1.94 bits per heavy atom. The molecule has 2 nitrogen and oxygen atoms in total. The van der Waals surface area contributed by atoms with E-state index in [0.29, 0.717) is 5.88 Å². The molecule has 0 fully saturated rings. The normalized spacial score (nSPS) is 10.7. The van der Waals surface area contributed by atoms with E-state index < -0.39 is 0 Å². The van der Waals surface area contributed by atoms with Crippen molar-refractivity contribution in [2.24, 2.45) is 7.05 Å². The van der Waals surface area contributed by atoms with Gasteiger partial charge in [0.05, 0.1) is 16.9 Å². The molecule has 0 aliphatic rings. The minimum absolute atomic E-state index is 0. The Bertz CT molecular complexity index is 674. The highest BCUT2D eigenvalue weighted by atomic mass is 35.5. The number of hydrogen-bond acceptors (Lipinski definition) is 1. The number of rotatable bonds is 1. The van der Waals surface area contributed by atoms with Crippen LogP contribution >= 0.6 is 24.0 Å². The topological polar surface area (TPSA) is 17.8 Å². The lowest BCUT2D eigenvalue weighted by Crippen LogP contribution is -1.94. The van der Waals surface area contributed by atoms with Crippen LogP contribution in [0.25, 0.3) is 21.8 Å². The second-order valence-corrected chi connectivity index (χ2v) is 4.14. The first-order chi connectivity index (χ1) is 7.81. The highest BCUT2D eigenvalue weighted by Crippen LogP contribution is 2.25. The van der Waals surface area contributed by atoms with Gasteiger partial charge < -0.3 is 4.57 Å². The highest BCUT2D eigenvalue weighted by molar-refractivity contribution is 6.17. The van der Waals surface area contributed by atoms with E-state index in [1.54, 1.807) is 0 Å². The zero-order valence-corrected chi connectivity index (χ0v) is 10.9. The van der Waals surface area contributed by atoms with Crippen LogP contribution in [-0.2, 0) is 12.9 Å². The average molecular weight is 267 g/mol. The van der Waals surface area contributed by atoms with Crippen LogP contribution in [0.1, 0.15) is 5.82 Å². The molecule has 0 atom stereocenters. The summed E-state index contributed by atoms with van der Waals surface area (Å²) in [6.07, 6.45) is 0. The summed E-state index contributed by atoms with van der Waals surface area (Å²) in [6, 6.07) is 12.5. The summed E-state index contributed by atoms with van der Waals surface area (Å²) in [5.74, 6) is 1.35. The fourth-order valence-corrected chi connectivity index (χ4v) is 2.39. The second kappa shape index (κ2) is 4.55. The Balaban J connectivity index is 0.00000108. The van der Waals surface area contributed by atoms with E-state index in [1.807, 2.05) is 19.2 Å². The molecule has 0 radical (unpaired) electrons. The molecule has 88 valence electrons. The molecule has 3 aromatic rings. The van der Waals surface area contributed by atoms with E-state index in [0.717, 1.165) is 16.9 Å². The number of nitrogens with zero attached hydrogens (tertiary/aromatic N) is 2. The summed E-state index contributed by atoms with van der Waals surface area (Å²) in [4.78, 5) is 4.51. The molecular formula is C13H12Cl2N2. The van der Waals surface area contributed by atoms with Crippen molar-refractivity contribution in [2.45, 2.75) is 5.88 Å². The third-order valence-corrected chi connectivity index (χ3v) is 3.21. The summed E-state index contributed by atoms with van der Waals surface area (Å²) in [5.41, 5.74) is 2.17. The lowest BCUT2D eigenvalue weighted by Gasteiger charge is -2.02. The fourth-order valence-electron chi connectivity index (χ4n) is 2.15. The molecule has 0 amide bonds. The number of aryl methyl sites for hydroxylation is 1. The number of imidazole rings is 1. The summed E-state index contributed by atoms with van der Waals surface area (Å²) in [7, 11) is 2.01. The Morgan fingerprint density at radius 1 is 1.18 bits per heavy atom. The molecule has 0 N–H and O–H groups in total. The van der Waals surface area contributed by atoms with Gasteiger partial charge in [0, 0.05) is 12.4 Å². The number of fused-ring (bicyclic) bond motifs is 3. The summed E-state index contributed by atoms with van der Waals surface area (Å²) >= 11 is 5.87. The van der Waals surface area contributed by atoms with Crippen LogP contribution in [0.4, 0.5) is 0 Å². The number of alkyl halides is 1. The molecule has 0 bridgehead atoms.